The van der Waals surface area contributed by atoms with Crippen LogP contribution in [0.1, 0.15) is 32.3 Å². The number of hydrogen-bond donors (Lipinski definition) is 2. The molecule has 1 aromatic heterocycles. The summed E-state index contributed by atoms with van der Waals surface area (Å²) in [5.74, 6) is 3.41. The highest BCUT2D eigenvalue weighted by Crippen LogP contribution is 2.28. The van der Waals surface area contributed by atoms with Crippen molar-refractivity contribution < 1.29 is 9.13 Å². The van der Waals surface area contributed by atoms with Gasteiger partial charge in [0.15, 0.2) is 5.11 Å². The van der Waals surface area contributed by atoms with Crippen LogP contribution in [0.5, 0.6) is 0 Å². The van der Waals surface area contributed by atoms with Crippen molar-refractivity contribution in [2.24, 2.45) is 11.8 Å². The van der Waals surface area contributed by atoms with Gasteiger partial charge in [-0.1, -0.05) is 26.0 Å². The number of rotatable bonds is 7. The molecule has 0 spiro atoms. The van der Waals surface area contributed by atoms with Crippen LogP contribution in [-0.2, 0) is 11.2 Å². The van der Waals surface area contributed by atoms with Crippen molar-refractivity contribution in [3.8, 4) is 0 Å². The van der Waals surface area contributed by atoms with Crippen molar-refractivity contribution in [3.63, 3.8) is 0 Å². The molecule has 4 rings (SSSR count). The zero-order chi connectivity index (χ0) is 23.9. The van der Waals surface area contributed by atoms with Crippen LogP contribution in [0.2, 0.25) is 0 Å². The molecule has 184 valence electrons. The van der Waals surface area contributed by atoms with Crippen LogP contribution in [0.15, 0.2) is 30.3 Å². The van der Waals surface area contributed by atoms with E-state index in [0.717, 1.165) is 56.2 Å². The Kier molecular flexibility index (Phi) is 8.50. The maximum atomic E-state index is 13.1. The van der Waals surface area contributed by atoms with Crippen LogP contribution in [0.25, 0.3) is 0 Å². The number of morpholine rings is 1. The van der Waals surface area contributed by atoms with Gasteiger partial charge < -0.3 is 25.2 Å². The number of halogens is 1. The molecule has 2 aliphatic heterocycles. The van der Waals surface area contributed by atoms with Crippen LogP contribution in [0, 0.1) is 17.7 Å². The Balaban J connectivity index is 1.39. The fourth-order valence-electron chi connectivity index (χ4n) is 4.74. The number of benzene rings is 1. The number of ether oxygens (including phenoxy) is 1. The number of anilines is 3. The van der Waals surface area contributed by atoms with Gasteiger partial charge in [-0.3, -0.25) is 0 Å². The van der Waals surface area contributed by atoms with E-state index in [1.54, 1.807) is 0 Å². The number of nitrogens with one attached hydrogen (secondary N) is 2. The topological polar surface area (TPSA) is 65.6 Å². The second-order valence-electron chi connectivity index (χ2n) is 9.47. The molecule has 7 nitrogen and oxygen atoms in total. The van der Waals surface area contributed by atoms with Gasteiger partial charge in [0.1, 0.15) is 17.5 Å². The van der Waals surface area contributed by atoms with Gasteiger partial charge in [0.05, 0.1) is 13.2 Å². The highest BCUT2D eigenvalue weighted by molar-refractivity contribution is 7.80. The predicted molar refractivity (Wildman–Crippen MR) is 139 cm³/mol. The molecule has 0 radical (unpaired) electrons. The number of thiocarbonyl (C=S) groups is 1. The minimum absolute atomic E-state index is 0.209. The minimum atomic E-state index is -0.209. The maximum Gasteiger partial charge on any atom is 0.232 e. The fraction of sp³-hybridized carbons (Fsp3) is 0.560. The molecule has 2 atom stereocenters. The standard InChI is InChI=1S/C25H35FN6OS/c1-18-14-19(2)17-32(16-18)23-15-22(31-10-12-33-13-11-31)28-24(29-23)30-25(34)27-9-3-4-20-5-7-21(26)8-6-20/h5-8,15,18-19H,3-4,9-14,16-17H2,1-2H3,(H2,27,28,29,30,34)/t18-,19-/m1/s1. The molecule has 0 saturated carbocycles. The Morgan fingerprint density at radius 2 is 1.71 bits per heavy atom. The van der Waals surface area contributed by atoms with Gasteiger partial charge in [-0.25, -0.2) is 4.39 Å². The third-order valence-electron chi connectivity index (χ3n) is 6.29. The molecule has 2 aliphatic rings. The van der Waals surface area contributed by atoms with E-state index in [1.807, 2.05) is 12.1 Å². The summed E-state index contributed by atoms with van der Waals surface area (Å²) >= 11 is 5.52. The Labute approximate surface area is 207 Å². The Hall–Kier alpha value is -2.52. The zero-order valence-corrected chi connectivity index (χ0v) is 20.9. The van der Waals surface area contributed by atoms with Gasteiger partial charge in [0, 0.05) is 38.8 Å². The molecule has 0 amide bonds. The summed E-state index contributed by atoms with van der Waals surface area (Å²) in [5, 5.41) is 6.94. The number of hydrogen-bond acceptors (Lipinski definition) is 6. The summed E-state index contributed by atoms with van der Waals surface area (Å²) in [6, 6.07) is 8.73. The first-order valence-electron chi connectivity index (χ1n) is 12.2. The van der Waals surface area contributed by atoms with Crippen molar-refractivity contribution in [2.45, 2.75) is 33.1 Å². The summed E-state index contributed by atoms with van der Waals surface area (Å²) < 4.78 is 18.6. The van der Waals surface area contributed by atoms with E-state index in [9.17, 15) is 4.39 Å². The van der Waals surface area contributed by atoms with Crippen molar-refractivity contribution in [2.75, 3.05) is 61.1 Å². The Bertz CT molecular complexity index is 943. The van der Waals surface area contributed by atoms with Crippen LogP contribution >= 0.6 is 12.2 Å². The molecule has 0 bridgehead atoms. The van der Waals surface area contributed by atoms with Crippen molar-refractivity contribution in [3.05, 3.63) is 41.7 Å². The lowest BCUT2D eigenvalue weighted by Gasteiger charge is -2.36. The highest BCUT2D eigenvalue weighted by atomic mass is 32.1. The van der Waals surface area contributed by atoms with Crippen molar-refractivity contribution in [1.82, 2.24) is 15.3 Å². The monoisotopic (exact) mass is 486 g/mol. The van der Waals surface area contributed by atoms with Crippen LogP contribution in [0.4, 0.5) is 22.0 Å². The van der Waals surface area contributed by atoms with E-state index in [2.05, 4.69) is 40.3 Å². The average Bonchev–Trinajstić information content (AvgIpc) is 2.83. The number of aryl methyl sites for hydroxylation is 1. The molecule has 0 aliphatic carbocycles. The summed E-state index contributed by atoms with van der Waals surface area (Å²) in [6.07, 6.45) is 2.99. The van der Waals surface area contributed by atoms with Crippen LogP contribution < -0.4 is 20.4 Å². The van der Waals surface area contributed by atoms with Gasteiger partial charge in [0.2, 0.25) is 5.95 Å². The maximum absolute atomic E-state index is 13.1. The van der Waals surface area contributed by atoms with Crippen LogP contribution in [0.3, 0.4) is 0 Å². The summed E-state index contributed by atoms with van der Waals surface area (Å²) in [4.78, 5) is 14.2. The highest BCUT2D eigenvalue weighted by Gasteiger charge is 2.25. The molecule has 34 heavy (non-hydrogen) atoms. The normalized spacial score (nSPS) is 20.8. The van der Waals surface area contributed by atoms with Gasteiger partial charge in [-0.05, 0) is 61.0 Å². The first-order valence-corrected chi connectivity index (χ1v) is 12.6. The lowest BCUT2D eigenvalue weighted by atomic mass is 9.92. The van der Waals surface area contributed by atoms with E-state index in [0.29, 0.717) is 42.7 Å². The third-order valence-corrected chi connectivity index (χ3v) is 6.54. The van der Waals surface area contributed by atoms with Crippen molar-refractivity contribution >= 4 is 34.9 Å². The Morgan fingerprint density at radius 3 is 2.38 bits per heavy atom. The second-order valence-corrected chi connectivity index (χ2v) is 9.88. The molecule has 1 aromatic carbocycles. The van der Waals surface area contributed by atoms with Gasteiger partial charge >= 0.3 is 0 Å². The Morgan fingerprint density at radius 1 is 1.06 bits per heavy atom. The lowest BCUT2D eigenvalue weighted by Crippen LogP contribution is -2.40. The lowest BCUT2D eigenvalue weighted by molar-refractivity contribution is 0.122. The van der Waals surface area contributed by atoms with E-state index in [-0.39, 0.29) is 5.82 Å². The quantitative estimate of drug-likeness (QED) is 0.452. The first-order chi connectivity index (χ1) is 16.5. The smallest absolute Gasteiger partial charge is 0.232 e. The summed E-state index contributed by atoms with van der Waals surface area (Å²) in [6.45, 7) is 10.3. The van der Waals surface area contributed by atoms with E-state index >= 15 is 0 Å². The summed E-state index contributed by atoms with van der Waals surface area (Å²) in [7, 11) is 0. The molecule has 2 saturated heterocycles. The zero-order valence-electron chi connectivity index (χ0n) is 20.1. The van der Waals surface area contributed by atoms with Crippen molar-refractivity contribution in [1.29, 1.82) is 0 Å². The first kappa shape index (κ1) is 24.6. The fourth-order valence-corrected chi connectivity index (χ4v) is 4.93. The van der Waals surface area contributed by atoms with Gasteiger partial charge in [0.25, 0.3) is 0 Å². The second kappa shape index (κ2) is 11.8. The molecular formula is C25H35FN6OS. The van der Waals surface area contributed by atoms with E-state index in [4.69, 9.17) is 26.9 Å². The molecule has 0 unspecified atom stereocenters. The number of piperidine rings is 1. The average molecular weight is 487 g/mol. The predicted octanol–water partition coefficient (Wildman–Crippen LogP) is 3.85. The summed E-state index contributed by atoms with van der Waals surface area (Å²) in [5.41, 5.74) is 1.11. The number of nitrogens with zero attached hydrogens (tertiary/aromatic N) is 4. The third kappa shape index (κ3) is 6.99. The van der Waals surface area contributed by atoms with Gasteiger partial charge in [-0.15, -0.1) is 0 Å². The molecule has 9 heteroatoms. The minimum Gasteiger partial charge on any atom is -0.378 e. The molecule has 2 aromatic rings. The molecule has 2 N–H and O–H groups in total. The number of aromatic nitrogens is 2. The van der Waals surface area contributed by atoms with E-state index < -0.39 is 0 Å². The van der Waals surface area contributed by atoms with Gasteiger partial charge in [-0.2, -0.15) is 9.97 Å². The largest absolute Gasteiger partial charge is 0.378 e. The SMILES string of the molecule is C[C@@H]1C[C@@H](C)CN(c2cc(N3CCOCC3)nc(NC(=S)NCCCc3ccc(F)cc3)n2)C1. The van der Waals surface area contributed by atoms with Crippen LogP contribution in [-0.4, -0.2) is 61.0 Å². The molecule has 3 heterocycles. The molecule has 2 fully saturated rings. The van der Waals surface area contributed by atoms with E-state index in [1.165, 1.54) is 18.6 Å². The molecular weight excluding hydrogens is 451 g/mol.